The Bertz CT molecular complexity index is 294. The average Bonchev–Trinajstić information content (AvgIpc) is 2.14. The molecule has 1 nitrogen and oxygen atoms in total. The summed E-state index contributed by atoms with van der Waals surface area (Å²) in [5, 5.41) is 4.03. The summed E-state index contributed by atoms with van der Waals surface area (Å²) in [6.07, 6.45) is 1.04. The number of likely N-dealkylation sites (N-methyl/N-ethyl adjacent to an activating group) is 1. The maximum Gasteiger partial charge on any atom is 0.0443 e. The van der Waals surface area contributed by atoms with Crippen molar-refractivity contribution in [3.8, 4) is 0 Å². The van der Waals surface area contributed by atoms with Gasteiger partial charge in [-0.3, -0.25) is 0 Å². The molecule has 0 bridgehead atoms. The van der Waals surface area contributed by atoms with Crippen LogP contribution in [0.4, 0.5) is 0 Å². The van der Waals surface area contributed by atoms with Crippen LogP contribution in [0.1, 0.15) is 30.9 Å². The zero-order valence-electron chi connectivity index (χ0n) is 9.10. The van der Waals surface area contributed by atoms with Gasteiger partial charge in [0.1, 0.15) is 0 Å². The largest absolute Gasteiger partial charge is 0.319 e. The van der Waals surface area contributed by atoms with Crippen LogP contribution in [0, 0.1) is 0 Å². The molecule has 0 amide bonds. The predicted octanol–water partition coefficient (Wildman–Crippen LogP) is 3.23. The molecule has 14 heavy (non-hydrogen) atoms. The summed E-state index contributed by atoms with van der Waals surface area (Å²) in [5.41, 5.74) is 2.54. The first kappa shape index (κ1) is 11.5. The molecule has 0 saturated heterocycles. The van der Waals surface area contributed by atoms with Gasteiger partial charge in [-0.15, -0.1) is 0 Å². The Morgan fingerprint density at radius 2 is 2.07 bits per heavy atom. The summed E-state index contributed by atoms with van der Waals surface area (Å²) in [6, 6.07) is 6.38. The molecule has 2 heteroatoms. The lowest BCUT2D eigenvalue weighted by molar-refractivity contribution is 0.790. The third-order valence-corrected chi connectivity index (χ3v) is 2.68. The summed E-state index contributed by atoms with van der Waals surface area (Å²) in [4.78, 5) is 0. The second-order valence-corrected chi connectivity index (χ2v) is 4.27. The lowest BCUT2D eigenvalue weighted by atomic mass is 10.0. The van der Waals surface area contributed by atoms with Gasteiger partial charge in [0.05, 0.1) is 0 Å². The minimum Gasteiger partial charge on any atom is -0.319 e. The molecule has 0 saturated carbocycles. The van der Waals surface area contributed by atoms with Crippen molar-refractivity contribution in [2.45, 2.75) is 26.2 Å². The van der Waals surface area contributed by atoms with E-state index in [0.29, 0.717) is 5.92 Å². The van der Waals surface area contributed by atoms with E-state index in [9.17, 15) is 0 Å². The van der Waals surface area contributed by atoms with E-state index in [4.69, 9.17) is 11.6 Å². The number of hydrogen-bond acceptors (Lipinski definition) is 1. The molecule has 1 aromatic rings. The first-order valence-electron chi connectivity index (χ1n) is 5.08. The molecule has 0 aliphatic heterocycles. The van der Waals surface area contributed by atoms with Crippen molar-refractivity contribution in [2.24, 2.45) is 0 Å². The van der Waals surface area contributed by atoms with E-state index in [1.807, 2.05) is 7.05 Å². The third kappa shape index (κ3) is 3.00. The molecule has 0 aliphatic carbocycles. The number of hydrogen-bond donors (Lipinski definition) is 1. The quantitative estimate of drug-likeness (QED) is 0.807. The zero-order chi connectivity index (χ0) is 10.6. The molecule has 0 spiro atoms. The molecule has 0 aromatic heterocycles. The molecule has 0 unspecified atom stereocenters. The number of rotatable bonds is 4. The van der Waals surface area contributed by atoms with E-state index in [1.54, 1.807) is 0 Å². The zero-order valence-corrected chi connectivity index (χ0v) is 9.86. The SMILES string of the molecule is CNCCc1ccc(C(C)C)c(Cl)c1. The van der Waals surface area contributed by atoms with Gasteiger partial charge in [-0.05, 0) is 43.1 Å². The smallest absolute Gasteiger partial charge is 0.0443 e. The molecule has 0 fully saturated rings. The number of nitrogens with one attached hydrogen (secondary N) is 1. The molecule has 0 atom stereocenters. The maximum atomic E-state index is 6.18. The molecular formula is C12H18ClN. The molecule has 1 rings (SSSR count). The Kier molecular flexibility index (Phi) is 4.43. The van der Waals surface area contributed by atoms with E-state index in [-0.39, 0.29) is 0 Å². The van der Waals surface area contributed by atoms with Crippen LogP contribution in [0.3, 0.4) is 0 Å². The molecule has 0 radical (unpaired) electrons. The molecule has 1 N–H and O–H groups in total. The van der Waals surface area contributed by atoms with E-state index < -0.39 is 0 Å². The minimum absolute atomic E-state index is 0.501. The topological polar surface area (TPSA) is 12.0 Å². The third-order valence-electron chi connectivity index (χ3n) is 2.35. The summed E-state index contributed by atoms with van der Waals surface area (Å²) in [7, 11) is 1.96. The summed E-state index contributed by atoms with van der Waals surface area (Å²) < 4.78 is 0. The molecule has 0 aliphatic rings. The fourth-order valence-corrected chi connectivity index (χ4v) is 1.89. The van der Waals surface area contributed by atoms with Gasteiger partial charge in [-0.1, -0.05) is 37.6 Å². The van der Waals surface area contributed by atoms with Gasteiger partial charge in [0.15, 0.2) is 0 Å². The Balaban J connectivity index is 2.78. The normalized spacial score (nSPS) is 10.9. The van der Waals surface area contributed by atoms with Gasteiger partial charge in [0, 0.05) is 5.02 Å². The van der Waals surface area contributed by atoms with Gasteiger partial charge in [0.25, 0.3) is 0 Å². The van der Waals surface area contributed by atoms with Crippen LogP contribution in [0.15, 0.2) is 18.2 Å². The Hall–Kier alpha value is -0.530. The first-order chi connectivity index (χ1) is 6.65. The van der Waals surface area contributed by atoms with Crippen molar-refractivity contribution in [1.82, 2.24) is 5.32 Å². The average molecular weight is 212 g/mol. The van der Waals surface area contributed by atoms with Crippen LogP contribution in [-0.2, 0) is 6.42 Å². The Morgan fingerprint density at radius 1 is 1.36 bits per heavy atom. The fraction of sp³-hybridized carbons (Fsp3) is 0.500. The van der Waals surface area contributed by atoms with Crippen LogP contribution in [-0.4, -0.2) is 13.6 Å². The second-order valence-electron chi connectivity index (χ2n) is 3.86. The highest BCUT2D eigenvalue weighted by atomic mass is 35.5. The van der Waals surface area contributed by atoms with Crippen LogP contribution >= 0.6 is 11.6 Å². The molecule has 78 valence electrons. The Morgan fingerprint density at radius 3 is 2.57 bits per heavy atom. The lowest BCUT2D eigenvalue weighted by Gasteiger charge is -2.09. The second kappa shape index (κ2) is 5.38. The highest BCUT2D eigenvalue weighted by molar-refractivity contribution is 6.31. The Labute approximate surface area is 91.5 Å². The maximum absolute atomic E-state index is 6.18. The summed E-state index contributed by atoms with van der Waals surface area (Å²) in [5.74, 6) is 0.501. The van der Waals surface area contributed by atoms with Crippen molar-refractivity contribution in [3.63, 3.8) is 0 Å². The van der Waals surface area contributed by atoms with E-state index in [1.165, 1.54) is 11.1 Å². The lowest BCUT2D eigenvalue weighted by Crippen LogP contribution is -2.10. The summed E-state index contributed by atoms with van der Waals surface area (Å²) >= 11 is 6.18. The van der Waals surface area contributed by atoms with Crippen LogP contribution in [0.25, 0.3) is 0 Å². The van der Waals surface area contributed by atoms with Crippen molar-refractivity contribution in [3.05, 3.63) is 34.3 Å². The van der Waals surface area contributed by atoms with Crippen molar-refractivity contribution < 1.29 is 0 Å². The van der Waals surface area contributed by atoms with Crippen molar-refractivity contribution in [1.29, 1.82) is 0 Å². The standard InChI is InChI=1S/C12H18ClN/c1-9(2)11-5-4-10(6-7-14-3)8-12(11)13/h4-5,8-9,14H,6-7H2,1-3H3. The minimum atomic E-state index is 0.501. The van der Waals surface area contributed by atoms with Crippen LogP contribution in [0.5, 0.6) is 0 Å². The number of halogens is 1. The van der Waals surface area contributed by atoms with Crippen molar-refractivity contribution in [2.75, 3.05) is 13.6 Å². The van der Waals surface area contributed by atoms with Gasteiger partial charge >= 0.3 is 0 Å². The van der Waals surface area contributed by atoms with Crippen molar-refractivity contribution >= 4 is 11.6 Å². The van der Waals surface area contributed by atoms with E-state index in [0.717, 1.165) is 18.0 Å². The molecular weight excluding hydrogens is 194 g/mol. The van der Waals surface area contributed by atoms with Crippen LogP contribution < -0.4 is 5.32 Å². The number of benzene rings is 1. The predicted molar refractivity (Wildman–Crippen MR) is 63.2 cm³/mol. The van der Waals surface area contributed by atoms with Gasteiger partial charge < -0.3 is 5.32 Å². The molecule has 1 aromatic carbocycles. The fourth-order valence-electron chi connectivity index (χ4n) is 1.46. The highest BCUT2D eigenvalue weighted by Crippen LogP contribution is 2.25. The van der Waals surface area contributed by atoms with Gasteiger partial charge in [0.2, 0.25) is 0 Å². The van der Waals surface area contributed by atoms with E-state index in [2.05, 4.69) is 37.4 Å². The van der Waals surface area contributed by atoms with E-state index >= 15 is 0 Å². The molecule has 0 heterocycles. The highest BCUT2D eigenvalue weighted by Gasteiger charge is 2.05. The first-order valence-corrected chi connectivity index (χ1v) is 5.46. The van der Waals surface area contributed by atoms with Gasteiger partial charge in [-0.25, -0.2) is 0 Å². The van der Waals surface area contributed by atoms with Crippen LogP contribution in [0.2, 0.25) is 5.02 Å². The monoisotopic (exact) mass is 211 g/mol. The van der Waals surface area contributed by atoms with Gasteiger partial charge in [-0.2, -0.15) is 0 Å². The summed E-state index contributed by atoms with van der Waals surface area (Å²) in [6.45, 7) is 5.32.